The number of nitrogens with two attached hydrogens (primary N) is 1. The van der Waals surface area contributed by atoms with Crippen LogP contribution in [0.4, 0.5) is 4.79 Å². The predicted octanol–water partition coefficient (Wildman–Crippen LogP) is 0.617. The maximum Gasteiger partial charge on any atom is 0.416 e. The van der Waals surface area contributed by atoms with Crippen LogP contribution >= 0.6 is 0 Å². The third kappa shape index (κ3) is 4.40. The van der Waals surface area contributed by atoms with Crippen LogP contribution in [0.1, 0.15) is 5.69 Å². The zero-order chi connectivity index (χ0) is 18.5. The molecule has 0 spiro atoms. The quantitative estimate of drug-likeness (QED) is 0.812. The number of amides is 1. The number of rotatable bonds is 5. The van der Waals surface area contributed by atoms with E-state index in [0.29, 0.717) is 38.6 Å². The lowest BCUT2D eigenvalue weighted by Gasteiger charge is -2.34. The van der Waals surface area contributed by atoms with Crippen molar-refractivity contribution in [2.45, 2.75) is 13.0 Å². The van der Waals surface area contributed by atoms with Gasteiger partial charge in [0.1, 0.15) is 0 Å². The lowest BCUT2D eigenvalue weighted by Crippen LogP contribution is -2.52. The largest absolute Gasteiger partial charge is 0.416 e. The van der Waals surface area contributed by atoms with Crippen LogP contribution in [-0.2, 0) is 0 Å². The van der Waals surface area contributed by atoms with Gasteiger partial charge in [0.25, 0.3) is 0 Å². The summed E-state index contributed by atoms with van der Waals surface area (Å²) in [5.41, 5.74) is 7.38. The first-order valence-electron chi connectivity index (χ1n) is 8.74. The summed E-state index contributed by atoms with van der Waals surface area (Å²) in [4.78, 5) is 16.3. The number of para-hydroxylation sites is 1. The number of carbonyl (C=O) groups is 1. The van der Waals surface area contributed by atoms with Crippen LogP contribution < -0.4 is 10.5 Å². The Morgan fingerprint density at radius 1 is 1.27 bits per heavy atom. The molecule has 1 unspecified atom stereocenters. The number of aliphatic hydroxyl groups is 1. The molecule has 0 aliphatic carbocycles. The highest BCUT2D eigenvalue weighted by Gasteiger charge is 2.24. The Bertz CT molecular complexity index is 726. The zero-order valence-electron chi connectivity index (χ0n) is 14.9. The van der Waals surface area contributed by atoms with Crippen molar-refractivity contribution in [2.75, 3.05) is 39.3 Å². The van der Waals surface area contributed by atoms with E-state index in [1.54, 1.807) is 15.6 Å². The SMILES string of the molecule is Cc1cc(OC(=O)N2CCN(CC(N)CO)CC2)n(-c2ccccc2)n1. The van der Waals surface area contributed by atoms with Crippen molar-refractivity contribution in [2.24, 2.45) is 5.73 Å². The second kappa shape index (κ2) is 8.31. The second-order valence-corrected chi connectivity index (χ2v) is 6.47. The van der Waals surface area contributed by atoms with E-state index in [-0.39, 0.29) is 18.7 Å². The third-order valence-electron chi connectivity index (χ3n) is 4.35. The first kappa shape index (κ1) is 18.4. The zero-order valence-corrected chi connectivity index (χ0v) is 14.9. The number of nitrogens with zero attached hydrogens (tertiary/aromatic N) is 4. The summed E-state index contributed by atoms with van der Waals surface area (Å²) in [5, 5.41) is 13.5. The molecule has 3 N–H and O–H groups in total. The van der Waals surface area contributed by atoms with Crippen LogP contribution in [0, 0.1) is 6.92 Å². The smallest absolute Gasteiger partial charge is 0.395 e. The van der Waals surface area contributed by atoms with Crippen LogP contribution in [0.15, 0.2) is 36.4 Å². The van der Waals surface area contributed by atoms with Gasteiger partial charge >= 0.3 is 6.09 Å². The highest BCUT2D eigenvalue weighted by Crippen LogP contribution is 2.20. The minimum Gasteiger partial charge on any atom is -0.395 e. The van der Waals surface area contributed by atoms with Crippen molar-refractivity contribution < 1.29 is 14.6 Å². The van der Waals surface area contributed by atoms with Crippen LogP contribution in [0.5, 0.6) is 5.88 Å². The summed E-state index contributed by atoms with van der Waals surface area (Å²) in [5.74, 6) is 0.406. The number of piperazine rings is 1. The Hall–Kier alpha value is -2.42. The average molecular weight is 359 g/mol. The number of hydrogen-bond donors (Lipinski definition) is 2. The summed E-state index contributed by atoms with van der Waals surface area (Å²) in [6.07, 6.45) is -0.381. The molecule has 0 bridgehead atoms. The number of carbonyl (C=O) groups excluding carboxylic acids is 1. The number of ether oxygens (including phenoxy) is 1. The van der Waals surface area contributed by atoms with E-state index < -0.39 is 0 Å². The molecule has 2 heterocycles. The fraction of sp³-hybridized carbons (Fsp3) is 0.444. The molecule has 1 amide bonds. The lowest BCUT2D eigenvalue weighted by molar-refractivity contribution is 0.101. The minimum atomic E-state index is -0.381. The van der Waals surface area contributed by atoms with E-state index >= 15 is 0 Å². The molecule has 1 saturated heterocycles. The standard InChI is InChI=1S/C18H25N5O3/c1-14-11-17(23(20-14)16-5-3-2-4-6-16)26-18(25)22-9-7-21(8-10-22)12-15(19)13-24/h2-6,11,15,24H,7-10,12-13,19H2,1H3. The molecule has 1 aliphatic rings. The van der Waals surface area contributed by atoms with E-state index in [0.717, 1.165) is 11.4 Å². The Balaban J connectivity index is 1.61. The number of benzene rings is 1. The Morgan fingerprint density at radius 2 is 1.96 bits per heavy atom. The van der Waals surface area contributed by atoms with Gasteiger partial charge in [-0.15, -0.1) is 0 Å². The highest BCUT2D eigenvalue weighted by atomic mass is 16.6. The van der Waals surface area contributed by atoms with Crippen molar-refractivity contribution in [3.05, 3.63) is 42.1 Å². The van der Waals surface area contributed by atoms with Gasteiger partial charge in [-0.25, -0.2) is 9.48 Å². The van der Waals surface area contributed by atoms with Gasteiger partial charge in [-0.3, -0.25) is 4.90 Å². The van der Waals surface area contributed by atoms with Gasteiger partial charge < -0.3 is 20.5 Å². The summed E-state index contributed by atoms with van der Waals surface area (Å²) in [6.45, 7) is 4.99. The van der Waals surface area contributed by atoms with Crippen LogP contribution in [0.3, 0.4) is 0 Å². The van der Waals surface area contributed by atoms with Gasteiger partial charge in [-0.05, 0) is 19.1 Å². The number of aromatic nitrogens is 2. The van der Waals surface area contributed by atoms with Crippen molar-refractivity contribution in [3.63, 3.8) is 0 Å². The maximum atomic E-state index is 12.5. The average Bonchev–Trinajstić information content (AvgIpc) is 3.03. The summed E-state index contributed by atoms with van der Waals surface area (Å²) < 4.78 is 7.23. The monoisotopic (exact) mass is 359 g/mol. The van der Waals surface area contributed by atoms with E-state index in [1.165, 1.54) is 0 Å². The minimum absolute atomic E-state index is 0.0366. The number of hydrogen-bond acceptors (Lipinski definition) is 6. The predicted molar refractivity (Wildman–Crippen MR) is 97.4 cm³/mol. The topological polar surface area (TPSA) is 96.9 Å². The summed E-state index contributed by atoms with van der Waals surface area (Å²) >= 11 is 0. The van der Waals surface area contributed by atoms with Gasteiger partial charge in [-0.2, -0.15) is 5.10 Å². The molecule has 0 radical (unpaired) electrons. The van der Waals surface area contributed by atoms with E-state index in [2.05, 4.69) is 10.00 Å². The first-order valence-corrected chi connectivity index (χ1v) is 8.74. The molecule has 8 heteroatoms. The Morgan fingerprint density at radius 3 is 2.62 bits per heavy atom. The van der Waals surface area contributed by atoms with Crippen molar-refractivity contribution in [3.8, 4) is 11.6 Å². The summed E-state index contributed by atoms with van der Waals surface area (Å²) in [7, 11) is 0. The van der Waals surface area contributed by atoms with Crippen LogP contribution in [0.2, 0.25) is 0 Å². The molecule has 140 valence electrons. The molecule has 1 aromatic carbocycles. The molecular weight excluding hydrogens is 334 g/mol. The molecule has 1 aromatic heterocycles. The first-order chi connectivity index (χ1) is 12.6. The highest BCUT2D eigenvalue weighted by molar-refractivity contribution is 5.70. The number of aliphatic hydroxyl groups excluding tert-OH is 1. The fourth-order valence-electron chi connectivity index (χ4n) is 2.96. The van der Waals surface area contributed by atoms with Gasteiger partial charge in [0.2, 0.25) is 5.88 Å². The van der Waals surface area contributed by atoms with E-state index in [1.807, 2.05) is 37.3 Å². The summed E-state index contributed by atoms with van der Waals surface area (Å²) in [6, 6.07) is 11.1. The molecule has 26 heavy (non-hydrogen) atoms. The van der Waals surface area contributed by atoms with Gasteiger partial charge in [-0.1, -0.05) is 18.2 Å². The van der Waals surface area contributed by atoms with Gasteiger partial charge in [0, 0.05) is 44.8 Å². The maximum absolute atomic E-state index is 12.5. The Labute approximate surface area is 152 Å². The molecule has 0 saturated carbocycles. The van der Waals surface area contributed by atoms with Crippen molar-refractivity contribution in [1.82, 2.24) is 19.6 Å². The van der Waals surface area contributed by atoms with Crippen LogP contribution in [0.25, 0.3) is 5.69 Å². The second-order valence-electron chi connectivity index (χ2n) is 6.47. The van der Waals surface area contributed by atoms with Gasteiger partial charge in [0.15, 0.2) is 0 Å². The van der Waals surface area contributed by atoms with Crippen molar-refractivity contribution in [1.29, 1.82) is 0 Å². The van der Waals surface area contributed by atoms with Crippen molar-refractivity contribution >= 4 is 6.09 Å². The molecule has 3 rings (SSSR count). The lowest BCUT2D eigenvalue weighted by atomic mass is 10.2. The van der Waals surface area contributed by atoms with E-state index in [9.17, 15) is 4.79 Å². The molecule has 1 aliphatic heterocycles. The molecular formula is C18H25N5O3. The third-order valence-corrected chi connectivity index (χ3v) is 4.35. The fourth-order valence-corrected chi connectivity index (χ4v) is 2.96. The normalized spacial score (nSPS) is 16.5. The van der Waals surface area contributed by atoms with E-state index in [4.69, 9.17) is 15.6 Å². The molecule has 2 aromatic rings. The Kier molecular flexibility index (Phi) is 5.87. The van der Waals surface area contributed by atoms with Crippen LogP contribution in [-0.4, -0.2) is 76.2 Å². The molecule has 1 fully saturated rings. The van der Waals surface area contributed by atoms with Gasteiger partial charge in [0.05, 0.1) is 18.0 Å². The molecule has 8 nitrogen and oxygen atoms in total. The molecule has 1 atom stereocenters. The number of aryl methyl sites for hydroxylation is 1.